The molecule has 0 saturated heterocycles. The van der Waals surface area contributed by atoms with Crippen LogP contribution < -0.4 is 10.1 Å². The topological polar surface area (TPSA) is 38.3 Å². The summed E-state index contributed by atoms with van der Waals surface area (Å²) in [6, 6.07) is 10.9. The summed E-state index contributed by atoms with van der Waals surface area (Å²) in [5, 5.41) is 2.36. The number of carbonyl (C=O) groups is 1. The zero-order valence-electron chi connectivity index (χ0n) is 12.7. The molecule has 0 fully saturated rings. The molecule has 0 bridgehead atoms. The lowest BCUT2D eigenvalue weighted by molar-refractivity contribution is -0.138. The fraction of sp³-hybridized carbons (Fsp3) is 0.235. The first-order valence-electron chi connectivity index (χ1n) is 7.12. The lowest BCUT2D eigenvalue weighted by atomic mass is 10.1. The Morgan fingerprint density at radius 3 is 2.46 bits per heavy atom. The van der Waals surface area contributed by atoms with E-state index >= 15 is 0 Å². The molecule has 7 heteroatoms. The van der Waals surface area contributed by atoms with E-state index in [1.54, 1.807) is 30.3 Å². The average molecular weight is 341 g/mol. The molecule has 24 heavy (non-hydrogen) atoms. The Hall–Kier alpha value is -2.57. The molecule has 0 aliphatic heterocycles. The van der Waals surface area contributed by atoms with Gasteiger partial charge < -0.3 is 10.1 Å². The van der Waals surface area contributed by atoms with E-state index in [1.165, 1.54) is 6.92 Å². The molecule has 0 saturated carbocycles. The smallest absolute Gasteiger partial charge is 0.416 e. The Bertz CT molecular complexity index is 701. The number of nitrogens with one attached hydrogen (secondary N) is 1. The van der Waals surface area contributed by atoms with Crippen molar-refractivity contribution in [2.24, 2.45) is 0 Å². The number of rotatable bonds is 5. The molecule has 128 valence electrons. The number of hydrogen-bond donors (Lipinski definition) is 1. The Labute approximate surface area is 136 Å². The molecule has 1 N–H and O–H groups in total. The molecule has 3 nitrogen and oxygen atoms in total. The van der Waals surface area contributed by atoms with Crippen LogP contribution in [0, 0.1) is 5.82 Å². The second kappa shape index (κ2) is 7.33. The van der Waals surface area contributed by atoms with Crippen molar-refractivity contribution >= 4 is 5.91 Å². The summed E-state index contributed by atoms with van der Waals surface area (Å²) in [6.45, 7) is 1.11. The molecular formula is C17H15F4NO2. The van der Waals surface area contributed by atoms with Crippen LogP contribution in [-0.2, 0) is 17.5 Å². The van der Waals surface area contributed by atoms with Crippen LogP contribution in [0.4, 0.5) is 17.6 Å². The second-order valence-corrected chi connectivity index (χ2v) is 5.09. The second-order valence-electron chi connectivity index (χ2n) is 5.09. The minimum Gasteiger partial charge on any atom is -0.481 e. The molecule has 2 aromatic carbocycles. The van der Waals surface area contributed by atoms with Crippen molar-refractivity contribution in [1.29, 1.82) is 0 Å². The van der Waals surface area contributed by atoms with E-state index in [-0.39, 0.29) is 12.1 Å². The molecule has 0 aliphatic rings. The summed E-state index contributed by atoms with van der Waals surface area (Å²) >= 11 is 0. The van der Waals surface area contributed by atoms with Crippen LogP contribution in [0.5, 0.6) is 5.75 Å². The van der Waals surface area contributed by atoms with Gasteiger partial charge in [-0.2, -0.15) is 13.2 Å². The number of ether oxygens (including phenoxy) is 1. The summed E-state index contributed by atoms with van der Waals surface area (Å²) in [6.07, 6.45) is -5.59. The highest BCUT2D eigenvalue weighted by Gasteiger charge is 2.33. The van der Waals surface area contributed by atoms with Crippen LogP contribution in [0.15, 0.2) is 48.5 Å². The van der Waals surface area contributed by atoms with E-state index in [9.17, 15) is 22.4 Å². The Morgan fingerprint density at radius 2 is 1.83 bits per heavy atom. The normalized spacial score (nSPS) is 12.5. The largest absolute Gasteiger partial charge is 0.481 e. The monoisotopic (exact) mass is 341 g/mol. The van der Waals surface area contributed by atoms with Crippen molar-refractivity contribution in [3.05, 3.63) is 65.5 Å². The van der Waals surface area contributed by atoms with Gasteiger partial charge in [-0.15, -0.1) is 0 Å². The third kappa shape index (κ3) is 4.71. The van der Waals surface area contributed by atoms with Gasteiger partial charge in [0.2, 0.25) is 0 Å². The maximum absolute atomic E-state index is 13.0. The summed E-state index contributed by atoms with van der Waals surface area (Å²) in [4.78, 5) is 12.0. The van der Waals surface area contributed by atoms with Gasteiger partial charge in [0.05, 0.1) is 5.56 Å². The molecule has 0 aromatic heterocycles. The van der Waals surface area contributed by atoms with Crippen molar-refractivity contribution < 1.29 is 27.1 Å². The minimum atomic E-state index is -4.70. The summed E-state index contributed by atoms with van der Waals surface area (Å²) in [5.41, 5.74) is -1.33. The van der Waals surface area contributed by atoms with Crippen LogP contribution in [-0.4, -0.2) is 12.0 Å². The van der Waals surface area contributed by atoms with E-state index in [0.717, 1.165) is 12.1 Å². The summed E-state index contributed by atoms with van der Waals surface area (Å²) in [5.74, 6) is -1.09. The number of halogens is 4. The van der Waals surface area contributed by atoms with Crippen molar-refractivity contribution in [2.45, 2.75) is 25.7 Å². The third-order valence-electron chi connectivity index (χ3n) is 3.26. The molecule has 0 heterocycles. The molecule has 1 unspecified atom stereocenters. The van der Waals surface area contributed by atoms with Gasteiger partial charge >= 0.3 is 6.18 Å². The molecule has 2 rings (SSSR count). The molecular weight excluding hydrogens is 326 g/mol. The van der Waals surface area contributed by atoms with Gasteiger partial charge in [-0.05, 0) is 36.8 Å². The van der Waals surface area contributed by atoms with Crippen LogP contribution >= 0.6 is 0 Å². The first kappa shape index (κ1) is 17.8. The van der Waals surface area contributed by atoms with Crippen LogP contribution in [0.25, 0.3) is 0 Å². The number of carbonyl (C=O) groups excluding carboxylic acids is 1. The van der Waals surface area contributed by atoms with Gasteiger partial charge in [0.15, 0.2) is 6.10 Å². The number of amides is 1. The van der Waals surface area contributed by atoms with Crippen molar-refractivity contribution in [2.75, 3.05) is 0 Å². The number of benzene rings is 2. The maximum atomic E-state index is 13.0. The fourth-order valence-electron chi connectivity index (χ4n) is 2.05. The predicted molar refractivity (Wildman–Crippen MR) is 79.8 cm³/mol. The number of alkyl halides is 3. The lowest BCUT2D eigenvalue weighted by Gasteiger charge is -2.17. The van der Waals surface area contributed by atoms with Gasteiger partial charge in [-0.1, -0.05) is 24.3 Å². The van der Waals surface area contributed by atoms with Gasteiger partial charge in [0.25, 0.3) is 5.91 Å². The number of hydrogen-bond acceptors (Lipinski definition) is 2. The van der Waals surface area contributed by atoms with Crippen LogP contribution in [0.2, 0.25) is 0 Å². The average Bonchev–Trinajstić information content (AvgIpc) is 2.53. The highest BCUT2D eigenvalue weighted by molar-refractivity contribution is 5.80. The molecule has 1 amide bonds. The van der Waals surface area contributed by atoms with Gasteiger partial charge in [-0.3, -0.25) is 4.79 Å². The van der Waals surface area contributed by atoms with Crippen molar-refractivity contribution in [3.8, 4) is 5.75 Å². The third-order valence-corrected chi connectivity index (χ3v) is 3.26. The van der Waals surface area contributed by atoms with Crippen LogP contribution in [0.1, 0.15) is 18.1 Å². The standard InChI is InChI=1S/C17H15F4NO2/c1-11(24-14-5-3-2-4-6-14)16(23)22-10-12-7-8-13(18)9-15(12)17(19,20)21/h2-9,11H,10H2,1H3,(H,22,23). The van der Waals surface area contributed by atoms with Crippen LogP contribution in [0.3, 0.4) is 0 Å². The molecule has 2 aromatic rings. The highest BCUT2D eigenvalue weighted by Crippen LogP contribution is 2.32. The van der Waals surface area contributed by atoms with E-state index in [1.807, 2.05) is 0 Å². The van der Waals surface area contributed by atoms with Gasteiger partial charge in [-0.25, -0.2) is 4.39 Å². The van der Waals surface area contributed by atoms with E-state index < -0.39 is 29.6 Å². The highest BCUT2D eigenvalue weighted by atomic mass is 19.4. The number of para-hydroxylation sites is 1. The molecule has 1 atom stereocenters. The zero-order valence-corrected chi connectivity index (χ0v) is 12.7. The Morgan fingerprint density at radius 1 is 1.17 bits per heavy atom. The summed E-state index contributed by atoms with van der Waals surface area (Å²) in [7, 11) is 0. The minimum absolute atomic E-state index is 0.218. The Kier molecular flexibility index (Phi) is 5.43. The Balaban J connectivity index is 2.01. The first-order valence-corrected chi connectivity index (χ1v) is 7.12. The maximum Gasteiger partial charge on any atom is 0.416 e. The molecule has 0 aliphatic carbocycles. The molecule has 0 radical (unpaired) electrons. The fourth-order valence-corrected chi connectivity index (χ4v) is 2.05. The predicted octanol–water partition coefficient (Wildman–Crippen LogP) is 3.93. The van der Waals surface area contributed by atoms with Gasteiger partial charge in [0, 0.05) is 6.54 Å². The zero-order chi connectivity index (χ0) is 17.7. The SMILES string of the molecule is CC(Oc1ccccc1)C(=O)NCc1ccc(F)cc1C(F)(F)F. The van der Waals surface area contributed by atoms with Gasteiger partial charge in [0.1, 0.15) is 11.6 Å². The molecule has 0 spiro atoms. The van der Waals surface area contributed by atoms with E-state index in [2.05, 4.69) is 5.32 Å². The summed E-state index contributed by atoms with van der Waals surface area (Å²) < 4.78 is 57.1. The van der Waals surface area contributed by atoms with Crippen molar-refractivity contribution in [3.63, 3.8) is 0 Å². The quantitative estimate of drug-likeness (QED) is 0.837. The van der Waals surface area contributed by atoms with Crippen molar-refractivity contribution in [1.82, 2.24) is 5.32 Å². The van der Waals surface area contributed by atoms with E-state index in [4.69, 9.17) is 4.74 Å². The first-order chi connectivity index (χ1) is 11.3. The lowest BCUT2D eigenvalue weighted by Crippen LogP contribution is -2.36. The van der Waals surface area contributed by atoms with E-state index in [0.29, 0.717) is 11.8 Å².